The summed E-state index contributed by atoms with van der Waals surface area (Å²) in [5, 5.41) is 2.98. The Kier molecular flexibility index (Phi) is 7.38. The molecule has 1 N–H and O–H groups in total. The third kappa shape index (κ3) is 6.38. The smallest absolute Gasteiger partial charge is 0.225 e. The SMILES string of the molecule is CCCCN(C)CCC(=O)Nc1ccc(I)cc1C. The molecular formula is C15H23IN2O. The Morgan fingerprint density at radius 2 is 2.11 bits per heavy atom. The predicted octanol–water partition coefficient (Wildman–Crippen LogP) is 3.66. The van der Waals surface area contributed by atoms with Crippen LogP contribution < -0.4 is 5.32 Å². The van der Waals surface area contributed by atoms with Crippen molar-refractivity contribution in [3.63, 3.8) is 0 Å². The molecular weight excluding hydrogens is 351 g/mol. The third-order valence-electron chi connectivity index (χ3n) is 3.08. The molecule has 4 heteroatoms. The van der Waals surface area contributed by atoms with Gasteiger partial charge >= 0.3 is 0 Å². The number of nitrogens with one attached hydrogen (secondary N) is 1. The maximum atomic E-state index is 11.9. The van der Waals surface area contributed by atoms with Gasteiger partial charge in [-0.1, -0.05) is 13.3 Å². The van der Waals surface area contributed by atoms with Crippen molar-refractivity contribution in [3.8, 4) is 0 Å². The van der Waals surface area contributed by atoms with Crippen LogP contribution in [-0.4, -0.2) is 30.9 Å². The fourth-order valence-corrected chi connectivity index (χ4v) is 2.46. The highest BCUT2D eigenvalue weighted by molar-refractivity contribution is 14.1. The maximum absolute atomic E-state index is 11.9. The quantitative estimate of drug-likeness (QED) is 0.739. The van der Waals surface area contributed by atoms with E-state index in [2.05, 4.69) is 52.8 Å². The summed E-state index contributed by atoms with van der Waals surface area (Å²) in [6, 6.07) is 6.05. The summed E-state index contributed by atoms with van der Waals surface area (Å²) in [5.74, 6) is 0.0904. The molecule has 0 spiro atoms. The number of nitrogens with zero attached hydrogens (tertiary/aromatic N) is 1. The van der Waals surface area contributed by atoms with Gasteiger partial charge in [-0.15, -0.1) is 0 Å². The second kappa shape index (κ2) is 8.53. The zero-order valence-corrected chi connectivity index (χ0v) is 14.2. The normalized spacial score (nSPS) is 10.8. The van der Waals surface area contributed by atoms with Gasteiger partial charge in [-0.2, -0.15) is 0 Å². The lowest BCUT2D eigenvalue weighted by Gasteiger charge is -2.16. The molecule has 0 radical (unpaired) electrons. The number of anilines is 1. The van der Waals surface area contributed by atoms with Crippen molar-refractivity contribution in [2.75, 3.05) is 25.5 Å². The van der Waals surface area contributed by atoms with Crippen LogP contribution in [0.5, 0.6) is 0 Å². The molecule has 0 saturated heterocycles. The fraction of sp³-hybridized carbons (Fsp3) is 0.533. The van der Waals surface area contributed by atoms with Gasteiger partial charge in [-0.05, 0) is 73.3 Å². The highest BCUT2D eigenvalue weighted by atomic mass is 127. The van der Waals surface area contributed by atoms with Crippen molar-refractivity contribution in [2.24, 2.45) is 0 Å². The van der Waals surface area contributed by atoms with Crippen molar-refractivity contribution in [1.29, 1.82) is 0 Å². The van der Waals surface area contributed by atoms with Crippen LogP contribution in [0.2, 0.25) is 0 Å². The second-order valence-electron chi connectivity index (χ2n) is 4.91. The van der Waals surface area contributed by atoms with Gasteiger partial charge in [0.05, 0.1) is 0 Å². The Bertz CT molecular complexity index is 421. The van der Waals surface area contributed by atoms with Gasteiger partial charge in [-0.25, -0.2) is 0 Å². The molecule has 1 rings (SSSR count). The van der Waals surface area contributed by atoms with Gasteiger partial charge in [0.15, 0.2) is 0 Å². The summed E-state index contributed by atoms with van der Waals surface area (Å²) in [5.41, 5.74) is 2.03. The van der Waals surface area contributed by atoms with Gasteiger partial charge in [0.25, 0.3) is 0 Å². The topological polar surface area (TPSA) is 32.3 Å². The van der Waals surface area contributed by atoms with Crippen LogP contribution in [0.15, 0.2) is 18.2 Å². The van der Waals surface area contributed by atoms with Crippen LogP contribution in [0.3, 0.4) is 0 Å². The van der Waals surface area contributed by atoms with E-state index >= 15 is 0 Å². The standard InChI is InChI=1S/C15H23IN2O/c1-4-5-9-18(3)10-8-15(19)17-14-7-6-13(16)11-12(14)2/h6-7,11H,4-5,8-10H2,1-3H3,(H,17,19). The zero-order valence-electron chi connectivity index (χ0n) is 12.0. The van der Waals surface area contributed by atoms with Gasteiger partial charge in [0.2, 0.25) is 5.91 Å². The monoisotopic (exact) mass is 374 g/mol. The summed E-state index contributed by atoms with van der Waals surface area (Å²) >= 11 is 2.27. The molecule has 1 amide bonds. The minimum atomic E-state index is 0.0904. The van der Waals surface area contributed by atoms with Crippen LogP contribution >= 0.6 is 22.6 Å². The highest BCUT2D eigenvalue weighted by Gasteiger charge is 2.06. The van der Waals surface area contributed by atoms with Crippen molar-refractivity contribution in [2.45, 2.75) is 33.1 Å². The lowest BCUT2D eigenvalue weighted by molar-refractivity contribution is -0.116. The third-order valence-corrected chi connectivity index (χ3v) is 3.75. The number of amides is 1. The van der Waals surface area contributed by atoms with E-state index in [1.165, 1.54) is 16.4 Å². The summed E-state index contributed by atoms with van der Waals surface area (Å²) < 4.78 is 1.19. The number of benzene rings is 1. The first-order valence-electron chi connectivity index (χ1n) is 6.77. The summed E-state index contributed by atoms with van der Waals surface area (Å²) in [4.78, 5) is 14.1. The molecule has 3 nitrogen and oxygen atoms in total. The molecule has 0 aliphatic heterocycles. The van der Waals surface area contributed by atoms with Gasteiger partial charge in [-0.3, -0.25) is 4.79 Å². The Morgan fingerprint density at radius 1 is 1.37 bits per heavy atom. The summed E-state index contributed by atoms with van der Waals surface area (Å²) in [6.07, 6.45) is 2.93. The number of hydrogen-bond donors (Lipinski definition) is 1. The number of carbonyl (C=O) groups excluding carboxylic acids is 1. The Hall–Kier alpha value is -0.620. The molecule has 0 aliphatic rings. The Labute approximate surface area is 129 Å². The summed E-state index contributed by atoms with van der Waals surface area (Å²) in [7, 11) is 2.07. The summed E-state index contributed by atoms with van der Waals surface area (Å²) in [6.45, 7) is 6.08. The van der Waals surface area contributed by atoms with Crippen LogP contribution in [0.25, 0.3) is 0 Å². The van der Waals surface area contributed by atoms with E-state index in [0.717, 1.165) is 24.3 Å². The van der Waals surface area contributed by atoms with E-state index in [4.69, 9.17) is 0 Å². The first-order valence-corrected chi connectivity index (χ1v) is 7.85. The first-order chi connectivity index (χ1) is 9.02. The largest absolute Gasteiger partial charge is 0.326 e. The van der Waals surface area contributed by atoms with Crippen molar-refractivity contribution >= 4 is 34.2 Å². The Balaban J connectivity index is 2.38. The van der Waals surface area contributed by atoms with Crippen LogP contribution in [0.1, 0.15) is 31.7 Å². The fourth-order valence-electron chi connectivity index (χ4n) is 1.81. The minimum absolute atomic E-state index is 0.0904. The molecule has 0 fully saturated rings. The number of carbonyl (C=O) groups is 1. The van der Waals surface area contributed by atoms with Crippen molar-refractivity contribution in [1.82, 2.24) is 4.90 Å². The maximum Gasteiger partial charge on any atom is 0.225 e. The predicted molar refractivity (Wildman–Crippen MR) is 89.5 cm³/mol. The van der Waals surface area contributed by atoms with E-state index in [1.807, 2.05) is 19.1 Å². The highest BCUT2D eigenvalue weighted by Crippen LogP contribution is 2.17. The van der Waals surface area contributed by atoms with Gasteiger partial charge < -0.3 is 10.2 Å². The van der Waals surface area contributed by atoms with Crippen LogP contribution in [0.4, 0.5) is 5.69 Å². The first kappa shape index (κ1) is 16.4. The van der Waals surface area contributed by atoms with Crippen molar-refractivity contribution in [3.05, 3.63) is 27.3 Å². The van der Waals surface area contributed by atoms with E-state index in [-0.39, 0.29) is 5.91 Å². The average Bonchev–Trinajstić information content (AvgIpc) is 2.37. The molecule has 106 valence electrons. The number of rotatable bonds is 7. The lowest BCUT2D eigenvalue weighted by atomic mass is 10.2. The molecule has 0 saturated carbocycles. The van der Waals surface area contributed by atoms with Gasteiger partial charge in [0, 0.05) is 22.2 Å². The molecule has 19 heavy (non-hydrogen) atoms. The number of unbranched alkanes of at least 4 members (excludes halogenated alkanes) is 1. The van der Waals surface area contributed by atoms with E-state index in [9.17, 15) is 4.79 Å². The Morgan fingerprint density at radius 3 is 2.74 bits per heavy atom. The van der Waals surface area contributed by atoms with E-state index in [1.54, 1.807) is 0 Å². The van der Waals surface area contributed by atoms with Crippen LogP contribution in [0, 0.1) is 10.5 Å². The van der Waals surface area contributed by atoms with E-state index < -0.39 is 0 Å². The number of halogens is 1. The molecule has 0 bridgehead atoms. The van der Waals surface area contributed by atoms with Crippen molar-refractivity contribution < 1.29 is 4.79 Å². The van der Waals surface area contributed by atoms with Gasteiger partial charge in [0.1, 0.15) is 0 Å². The minimum Gasteiger partial charge on any atom is -0.326 e. The molecule has 1 aromatic carbocycles. The molecule has 0 heterocycles. The van der Waals surface area contributed by atoms with Crippen LogP contribution in [-0.2, 0) is 4.79 Å². The lowest BCUT2D eigenvalue weighted by Crippen LogP contribution is -2.25. The molecule has 1 aromatic rings. The second-order valence-corrected chi connectivity index (χ2v) is 6.16. The zero-order chi connectivity index (χ0) is 14.3. The molecule has 0 aromatic heterocycles. The molecule has 0 atom stereocenters. The molecule has 0 aliphatic carbocycles. The average molecular weight is 374 g/mol. The molecule has 0 unspecified atom stereocenters. The number of aryl methyl sites for hydroxylation is 1. The van der Waals surface area contributed by atoms with E-state index in [0.29, 0.717) is 6.42 Å². The number of hydrogen-bond acceptors (Lipinski definition) is 2.